The highest BCUT2D eigenvalue weighted by Gasteiger charge is 2.15. The smallest absolute Gasteiger partial charge is 0.354 e. The molecule has 2 aromatic rings. The van der Waals surface area contributed by atoms with Crippen LogP contribution in [0, 0.1) is 6.92 Å². The van der Waals surface area contributed by atoms with Crippen molar-refractivity contribution in [1.82, 2.24) is 14.1 Å². The minimum absolute atomic E-state index is 0.0462. The van der Waals surface area contributed by atoms with Crippen molar-refractivity contribution in [2.75, 3.05) is 12.4 Å². The fourth-order valence-corrected chi connectivity index (χ4v) is 3.09. The summed E-state index contributed by atoms with van der Waals surface area (Å²) in [6, 6.07) is 7.82. The molecule has 0 N–H and O–H groups in total. The maximum Gasteiger partial charge on any atom is 0.354 e. The van der Waals surface area contributed by atoms with Gasteiger partial charge in [-0.1, -0.05) is 48.5 Å². The highest BCUT2D eigenvalue weighted by Crippen LogP contribution is 2.13. The normalized spacial score (nSPS) is 10.7. The first-order valence-electron chi connectivity index (χ1n) is 8.51. The van der Waals surface area contributed by atoms with Gasteiger partial charge in [0.1, 0.15) is 0 Å². The van der Waals surface area contributed by atoms with Crippen molar-refractivity contribution in [3.05, 3.63) is 56.4 Å². The van der Waals surface area contributed by atoms with Gasteiger partial charge in [0.2, 0.25) is 0 Å². The maximum atomic E-state index is 12.8. The van der Waals surface area contributed by atoms with Crippen LogP contribution in [0.15, 0.2) is 39.0 Å². The van der Waals surface area contributed by atoms with Gasteiger partial charge in [-0.15, -0.1) is 0 Å². The summed E-state index contributed by atoms with van der Waals surface area (Å²) in [6.45, 7) is 6.15. The zero-order chi connectivity index (χ0) is 19.1. The molecule has 0 spiro atoms. The molecule has 8 heteroatoms. The summed E-state index contributed by atoms with van der Waals surface area (Å²) in [7, 11) is 0. The second-order valence-corrected chi connectivity index (χ2v) is 6.90. The molecule has 0 unspecified atom stereocenters. The first kappa shape index (κ1) is 20.0. The van der Waals surface area contributed by atoms with E-state index in [1.165, 1.54) is 16.3 Å². The Bertz CT molecular complexity index is 871. The van der Waals surface area contributed by atoms with Crippen LogP contribution in [0.3, 0.4) is 0 Å². The number of thioether (sulfide) groups is 1. The molecule has 1 aromatic carbocycles. The Kier molecular flexibility index (Phi) is 7.20. The quantitative estimate of drug-likeness (QED) is 0.515. The molecule has 7 nitrogen and oxygen atoms in total. The third-order valence-electron chi connectivity index (χ3n) is 3.69. The van der Waals surface area contributed by atoms with Gasteiger partial charge in [0, 0.05) is 6.54 Å². The van der Waals surface area contributed by atoms with E-state index in [0.717, 1.165) is 15.7 Å². The van der Waals surface area contributed by atoms with Crippen molar-refractivity contribution in [1.29, 1.82) is 0 Å². The maximum absolute atomic E-state index is 12.8. The fourth-order valence-electron chi connectivity index (χ4n) is 2.39. The number of hydrogen-bond donors (Lipinski definition) is 0. The number of hydrogen-bond acceptors (Lipinski definition) is 6. The number of carbonyl (C=O) groups is 1. The van der Waals surface area contributed by atoms with E-state index in [2.05, 4.69) is 4.98 Å². The Morgan fingerprint density at radius 2 is 1.85 bits per heavy atom. The second kappa shape index (κ2) is 9.38. The van der Waals surface area contributed by atoms with E-state index < -0.39 is 17.3 Å². The summed E-state index contributed by atoms with van der Waals surface area (Å²) in [5.41, 5.74) is 0.955. The summed E-state index contributed by atoms with van der Waals surface area (Å²) in [5, 5.41) is 0.385. The van der Waals surface area contributed by atoms with Crippen LogP contribution in [0.4, 0.5) is 0 Å². The van der Waals surface area contributed by atoms with E-state index >= 15 is 0 Å². The molecule has 0 bridgehead atoms. The zero-order valence-corrected chi connectivity index (χ0v) is 16.0. The highest BCUT2D eigenvalue weighted by atomic mass is 32.2. The van der Waals surface area contributed by atoms with E-state index in [1.807, 2.05) is 38.1 Å². The molecule has 140 valence electrons. The first-order chi connectivity index (χ1) is 12.5. The molecule has 0 aliphatic rings. The Hall–Kier alpha value is -2.35. The van der Waals surface area contributed by atoms with Crippen LogP contribution in [0.5, 0.6) is 0 Å². The molecule has 1 aromatic heterocycles. The summed E-state index contributed by atoms with van der Waals surface area (Å²) in [4.78, 5) is 40.7. The lowest BCUT2D eigenvalue weighted by molar-refractivity contribution is -0.143. The summed E-state index contributed by atoms with van der Waals surface area (Å²) in [6.07, 6.45) is -0.0462. The minimum Gasteiger partial charge on any atom is -0.466 e. The topological polar surface area (TPSA) is 83.2 Å². The van der Waals surface area contributed by atoms with Crippen LogP contribution >= 0.6 is 11.8 Å². The lowest BCUT2D eigenvalue weighted by Gasteiger charge is -2.13. The lowest BCUT2D eigenvalue weighted by Crippen LogP contribution is -2.43. The average Bonchev–Trinajstić information content (AvgIpc) is 2.60. The largest absolute Gasteiger partial charge is 0.466 e. The number of esters is 1. The third-order valence-corrected chi connectivity index (χ3v) is 4.55. The Morgan fingerprint density at radius 1 is 1.15 bits per heavy atom. The van der Waals surface area contributed by atoms with Gasteiger partial charge in [0.05, 0.1) is 19.6 Å². The van der Waals surface area contributed by atoms with Gasteiger partial charge in [0.15, 0.2) is 5.16 Å². The van der Waals surface area contributed by atoms with E-state index in [-0.39, 0.29) is 19.6 Å². The average molecular weight is 377 g/mol. The molecular weight excluding hydrogens is 354 g/mol. The van der Waals surface area contributed by atoms with Crippen molar-refractivity contribution in [3.63, 3.8) is 0 Å². The SMILES string of the molecule is CCOC(=O)CCn1c(=O)nc(SCC)n(Cc2ccc(C)cc2)c1=O. The highest BCUT2D eigenvalue weighted by molar-refractivity contribution is 7.99. The van der Waals surface area contributed by atoms with Crippen molar-refractivity contribution in [3.8, 4) is 0 Å². The molecule has 0 saturated carbocycles. The van der Waals surface area contributed by atoms with Gasteiger partial charge >= 0.3 is 17.3 Å². The number of rotatable bonds is 8. The lowest BCUT2D eigenvalue weighted by atomic mass is 10.1. The third kappa shape index (κ3) is 5.08. The summed E-state index contributed by atoms with van der Waals surface area (Å²) >= 11 is 1.34. The molecular formula is C18H23N3O4S. The van der Waals surface area contributed by atoms with E-state index in [0.29, 0.717) is 17.5 Å². The predicted molar refractivity (Wildman–Crippen MR) is 101 cm³/mol. The number of benzene rings is 1. The van der Waals surface area contributed by atoms with Crippen LogP contribution in [0.1, 0.15) is 31.4 Å². The molecule has 0 radical (unpaired) electrons. The fraction of sp³-hybridized carbons (Fsp3) is 0.444. The van der Waals surface area contributed by atoms with Crippen molar-refractivity contribution >= 4 is 17.7 Å². The molecule has 0 fully saturated rings. The van der Waals surface area contributed by atoms with E-state index in [4.69, 9.17) is 4.74 Å². The monoisotopic (exact) mass is 377 g/mol. The van der Waals surface area contributed by atoms with Gasteiger partial charge in [-0.25, -0.2) is 14.2 Å². The van der Waals surface area contributed by atoms with Crippen LogP contribution < -0.4 is 11.4 Å². The molecule has 26 heavy (non-hydrogen) atoms. The van der Waals surface area contributed by atoms with Gasteiger partial charge in [-0.05, 0) is 25.2 Å². The van der Waals surface area contributed by atoms with Gasteiger partial charge in [-0.3, -0.25) is 9.36 Å². The van der Waals surface area contributed by atoms with Crippen molar-refractivity contribution < 1.29 is 9.53 Å². The van der Waals surface area contributed by atoms with Crippen LogP contribution in [-0.4, -0.2) is 32.4 Å². The van der Waals surface area contributed by atoms with Crippen LogP contribution in [-0.2, 0) is 22.6 Å². The van der Waals surface area contributed by atoms with Crippen molar-refractivity contribution in [2.45, 2.75) is 45.4 Å². The van der Waals surface area contributed by atoms with Crippen LogP contribution in [0.2, 0.25) is 0 Å². The van der Waals surface area contributed by atoms with Crippen LogP contribution in [0.25, 0.3) is 0 Å². The molecule has 0 aliphatic heterocycles. The number of carbonyl (C=O) groups excluding carboxylic acids is 1. The number of nitrogens with zero attached hydrogens (tertiary/aromatic N) is 3. The van der Waals surface area contributed by atoms with Crippen molar-refractivity contribution in [2.24, 2.45) is 0 Å². The molecule has 1 heterocycles. The minimum atomic E-state index is -0.643. The van der Waals surface area contributed by atoms with E-state index in [9.17, 15) is 14.4 Å². The second-order valence-electron chi connectivity index (χ2n) is 5.67. The van der Waals surface area contributed by atoms with Gasteiger partial charge < -0.3 is 4.74 Å². The van der Waals surface area contributed by atoms with Gasteiger partial charge in [-0.2, -0.15) is 4.98 Å². The Morgan fingerprint density at radius 3 is 2.46 bits per heavy atom. The summed E-state index contributed by atoms with van der Waals surface area (Å²) < 4.78 is 7.32. The number of aromatic nitrogens is 3. The first-order valence-corrected chi connectivity index (χ1v) is 9.50. The van der Waals surface area contributed by atoms with E-state index in [1.54, 1.807) is 6.92 Å². The summed E-state index contributed by atoms with van der Waals surface area (Å²) in [5.74, 6) is 0.239. The predicted octanol–water partition coefficient (Wildman–Crippen LogP) is 1.83. The van der Waals surface area contributed by atoms with Gasteiger partial charge in [0.25, 0.3) is 0 Å². The zero-order valence-electron chi connectivity index (χ0n) is 15.2. The molecule has 0 aliphatic carbocycles. The molecule has 0 saturated heterocycles. The Labute approximate surface area is 156 Å². The number of aryl methyl sites for hydroxylation is 1. The standard InChI is InChI=1S/C18H23N3O4S/c1-4-25-15(22)10-11-20-16(23)19-17(26-5-2)21(18(20)24)12-14-8-6-13(3)7-9-14/h6-9H,4-5,10-12H2,1-3H3. The molecule has 0 amide bonds. The molecule has 2 rings (SSSR count). The number of ether oxygens (including phenoxy) is 1. The Balaban J connectivity index is 2.38. The molecule has 0 atom stereocenters.